The van der Waals surface area contributed by atoms with Crippen LogP contribution in [0.3, 0.4) is 0 Å². The van der Waals surface area contributed by atoms with Crippen molar-refractivity contribution in [3.05, 3.63) is 70.4 Å². The maximum absolute atomic E-state index is 12.2. The van der Waals surface area contributed by atoms with Gasteiger partial charge >= 0.3 is 0 Å². The summed E-state index contributed by atoms with van der Waals surface area (Å²) < 4.78 is 5.58. The number of carbonyl (C=O) groups is 1. The summed E-state index contributed by atoms with van der Waals surface area (Å²) in [5.74, 6) is 0.315. The predicted octanol–water partition coefficient (Wildman–Crippen LogP) is 4.82. The van der Waals surface area contributed by atoms with E-state index in [4.69, 9.17) is 16.0 Å². The van der Waals surface area contributed by atoms with Gasteiger partial charge in [-0.15, -0.1) is 0 Å². The van der Waals surface area contributed by atoms with Crippen LogP contribution in [0.25, 0.3) is 11.0 Å². The Morgan fingerprint density at radius 3 is 2.60 bits per heavy atom. The third-order valence-corrected chi connectivity index (χ3v) is 3.55. The Morgan fingerprint density at radius 1 is 1.15 bits per heavy atom. The summed E-state index contributed by atoms with van der Waals surface area (Å²) in [5.41, 5.74) is 2.73. The summed E-state index contributed by atoms with van der Waals surface area (Å²) >= 11 is 6.05. The first kappa shape index (κ1) is 12.9. The zero-order valence-electron chi connectivity index (χ0n) is 11.0. The molecule has 0 saturated heterocycles. The van der Waals surface area contributed by atoms with Gasteiger partial charge in [0.25, 0.3) is 0 Å². The highest BCUT2D eigenvalue weighted by atomic mass is 35.5. The van der Waals surface area contributed by atoms with Gasteiger partial charge in [0.1, 0.15) is 0 Å². The Balaban J connectivity index is 1.89. The third-order valence-electron chi connectivity index (χ3n) is 3.26. The third kappa shape index (κ3) is 2.47. The molecule has 0 radical (unpaired) electrons. The number of hydrogen-bond acceptors (Lipinski definition) is 2. The van der Waals surface area contributed by atoms with Crippen molar-refractivity contribution in [1.29, 1.82) is 0 Å². The molecule has 0 aliphatic heterocycles. The van der Waals surface area contributed by atoms with Crippen molar-refractivity contribution in [2.75, 3.05) is 0 Å². The van der Waals surface area contributed by atoms with Gasteiger partial charge in [-0.2, -0.15) is 0 Å². The first-order valence-corrected chi connectivity index (χ1v) is 6.78. The van der Waals surface area contributed by atoms with Crippen LogP contribution in [0.5, 0.6) is 0 Å². The summed E-state index contributed by atoms with van der Waals surface area (Å²) in [4.78, 5) is 12.2. The lowest BCUT2D eigenvalue weighted by atomic mass is 10.1. The minimum Gasteiger partial charge on any atom is -0.451 e. The van der Waals surface area contributed by atoms with Gasteiger partial charge in [-0.05, 0) is 24.6 Å². The lowest BCUT2D eigenvalue weighted by molar-refractivity contribution is 0.0968. The SMILES string of the molecule is Cc1ccc(CC(=O)c2cc3cccc(Cl)c3o2)cc1. The topological polar surface area (TPSA) is 30.2 Å². The van der Waals surface area contributed by atoms with Crippen LogP contribution in [0, 0.1) is 6.92 Å². The molecule has 3 heteroatoms. The first-order chi connectivity index (χ1) is 9.63. The maximum atomic E-state index is 12.2. The van der Waals surface area contributed by atoms with E-state index in [1.807, 2.05) is 43.3 Å². The summed E-state index contributed by atoms with van der Waals surface area (Å²) in [6.07, 6.45) is 0.331. The maximum Gasteiger partial charge on any atom is 0.202 e. The smallest absolute Gasteiger partial charge is 0.202 e. The predicted molar refractivity (Wildman–Crippen MR) is 80.4 cm³/mol. The lowest BCUT2D eigenvalue weighted by Crippen LogP contribution is -2.01. The molecule has 0 aliphatic rings. The Hall–Kier alpha value is -2.06. The highest BCUT2D eigenvalue weighted by Gasteiger charge is 2.14. The molecule has 0 N–H and O–H groups in total. The summed E-state index contributed by atoms with van der Waals surface area (Å²) in [7, 11) is 0. The Kier molecular flexibility index (Phi) is 3.33. The molecule has 0 fully saturated rings. The van der Waals surface area contributed by atoms with E-state index < -0.39 is 0 Å². The molecule has 0 unspecified atom stereocenters. The van der Waals surface area contributed by atoms with Crippen molar-refractivity contribution < 1.29 is 9.21 Å². The number of fused-ring (bicyclic) bond motifs is 1. The summed E-state index contributed by atoms with van der Waals surface area (Å²) in [6.45, 7) is 2.02. The Morgan fingerprint density at radius 2 is 1.90 bits per heavy atom. The van der Waals surface area contributed by atoms with Gasteiger partial charge in [0.05, 0.1) is 5.02 Å². The van der Waals surface area contributed by atoms with E-state index in [0.29, 0.717) is 22.8 Å². The first-order valence-electron chi connectivity index (χ1n) is 6.40. The van der Waals surface area contributed by atoms with Crippen molar-refractivity contribution in [2.45, 2.75) is 13.3 Å². The van der Waals surface area contributed by atoms with Crippen LogP contribution in [0.2, 0.25) is 5.02 Å². The van der Waals surface area contributed by atoms with Crippen LogP contribution < -0.4 is 0 Å². The van der Waals surface area contributed by atoms with E-state index in [1.54, 1.807) is 12.1 Å². The fourth-order valence-corrected chi connectivity index (χ4v) is 2.36. The number of carbonyl (C=O) groups excluding carboxylic acids is 1. The van der Waals surface area contributed by atoms with Crippen LogP contribution in [-0.4, -0.2) is 5.78 Å². The number of halogens is 1. The second-order valence-corrected chi connectivity index (χ2v) is 5.26. The highest BCUT2D eigenvalue weighted by Crippen LogP contribution is 2.27. The number of rotatable bonds is 3. The van der Waals surface area contributed by atoms with E-state index >= 15 is 0 Å². The monoisotopic (exact) mass is 284 g/mol. The van der Waals surface area contributed by atoms with Crippen molar-refractivity contribution in [3.63, 3.8) is 0 Å². The van der Waals surface area contributed by atoms with Gasteiger partial charge in [0.15, 0.2) is 11.3 Å². The van der Waals surface area contributed by atoms with Crippen LogP contribution in [0.4, 0.5) is 0 Å². The fourth-order valence-electron chi connectivity index (χ4n) is 2.14. The number of Topliss-reactive ketones (excluding diaryl/α,β-unsaturated/α-hetero) is 1. The van der Waals surface area contributed by atoms with E-state index in [9.17, 15) is 4.79 Å². The van der Waals surface area contributed by atoms with E-state index in [0.717, 1.165) is 10.9 Å². The molecule has 0 atom stereocenters. The number of ketones is 1. The van der Waals surface area contributed by atoms with Crippen LogP contribution in [0.1, 0.15) is 21.7 Å². The second-order valence-electron chi connectivity index (χ2n) is 4.85. The molecule has 1 aromatic heterocycles. The molecule has 3 aromatic rings. The van der Waals surface area contributed by atoms with Gasteiger partial charge in [-0.1, -0.05) is 53.6 Å². The number of furan rings is 1. The quantitative estimate of drug-likeness (QED) is 0.646. The lowest BCUT2D eigenvalue weighted by Gasteiger charge is -1.99. The van der Waals surface area contributed by atoms with Crippen LogP contribution in [-0.2, 0) is 6.42 Å². The Bertz CT molecular complexity index is 769. The second kappa shape index (κ2) is 5.14. The van der Waals surface area contributed by atoms with Gasteiger partial charge in [0, 0.05) is 11.8 Å². The molecule has 0 saturated carbocycles. The van der Waals surface area contributed by atoms with Gasteiger partial charge in [-0.25, -0.2) is 0 Å². The summed E-state index contributed by atoms with van der Waals surface area (Å²) in [5, 5.41) is 1.38. The van der Waals surface area contributed by atoms with Crippen molar-refractivity contribution in [1.82, 2.24) is 0 Å². The van der Waals surface area contributed by atoms with E-state index in [-0.39, 0.29) is 5.78 Å². The van der Waals surface area contributed by atoms with Crippen molar-refractivity contribution in [2.24, 2.45) is 0 Å². The number of hydrogen-bond donors (Lipinski definition) is 0. The molecule has 0 spiro atoms. The number of aryl methyl sites for hydroxylation is 1. The molecule has 100 valence electrons. The number of para-hydroxylation sites is 1. The zero-order valence-corrected chi connectivity index (χ0v) is 11.8. The van der Waals surface area contributed by atoms with E-state index in [1.165, 1.54) is 5.56 Å². The van der Waals surface area contributed by atoms with Gasteiger partial charge in [-0.3, -0.25) is 4.79 Å². The number of benzene rings is 2. The summed E-state index contributed by atoms with van der Waals surface area (Å²) in [6, 6.07) is 15.1. The van der Waals surface area contributed by atoms with Gasteiger partial charge in [0.2, 0.25) is 5.78 Å². The molecule has 2 aromatic carbocycles. The van der Waals surface area contributed by atoms with Crippen molar-refractivity contribution >= 4 is 28.4 Å². The Labute approximate surface area is 122 Å². The minimum absolute atomic E-state index is 0.0406. The van der Waals surface area contributed by atoms with Gasteiger partial charge < -0.3 is 4.42 Å². The molecule has 3 rings (SSSR count). The minimum atomic E-state index is -0.0406. The molecule has 0 amide bonds. The molecule has 20 heavy (non-hydrogen) atoms. The molecular weight excluding hydrogens is 272 g/mol. The average molecular weight is 285 g/mol. The van der Waals surface area contributed by atoms with E-state index in [2.05, 4.69) is 0 Å². The molecular formula is C17H13ClO2. The highest BCUT2D eigenvalue weighted by molar-refractivity contribution is 6.34. The molecule has 2 nitrogen and oxygen atoms in total. The van der Waals surface area contributed by atoms with Crippen LogP contribution >= 0.6 is 11.6 Å². The largest absolute Gasteiger partial charge is 0.451 e. The molecule has 0 bridgehead atoms. The standard InChI is InChI=1S/C17H13ClO2/c1-11-5-7-12(8-6-11)9-15(19)16-10-13-3-2-4-14(18)17(13)20-16/h2-8,10H,9H2,1H3. The molecule has 0 aliphatic carbocycles. The molecule has 1 heterocycles. The van der Waals surface area contributed by atoms with Crippen LogP contribution in [0.15, 0.2) is 52.9 Å². The zero-order chi connectivity index (χ0) is 14.1. The fraction of sp³-hybridized carbons (Fsp3) is 0.118. The van der Waals surface area contributed by atoms with Crippen molar-refractivity contribution in [3.8, 4) is 0 Å². The normalized spacial score (nSPS) is 10.9. The average Bonchev–Trinajstić information content (AvgIpc) is 2.87.